The Bertz CT molecular complexity index is 307. The fraction of sp³-hybridized carbons (Fsp3) is 0.938. The van der Waals surface area contributed by atoms with Crippen LogP contribution in [0.3, 0.4) is 0 Å². The molecule has 1 fully saturated rings. The smallest absolute Gasteiger partial charge is 0.312 e. The van der Waals surface area contributed by atoms with Gasteiger partial charge in [0.2, 0.25) is 0 Å². The second kappa shape index (κ2) is 6.25. The first-order valence-electron chi connectivity index (χ1n) is 7.56. The quantitative estimate of drug-likeness (QED) is 0.777. The minimum atomic E-state index is -0.477. The van der Waals surface area contributed by atoms with Gasteiger partial charge in [-0.2, -0.15) is 0 Å². The number of carbonyl (C=O) groups is 1. The molecular weight excluding hydrogens is 240 g/mol. The molecular formula is C16H30O3. The van der Waals surface area contributed by atoms with E-state index in [1.165, 1.54) is 0 Å². The topological polar surface area (TPSA) is 46.5 Å². The summed E-state index contributed by atoms with van der Waals surface area (Å²) in [5, 5.41) is 9.63. The number of hydrogen-bond acceptors (Lipinski definition) is 3. The maximum atomic E-state index is 12.3. The zero-order chi connectivity index (χ0) is 14.7. The van der Waals surface area contributed by atoms with Gasteiger partial charge in [0.15, 0.2) is 0 Å². The molecule has 2 atom stereocenters. The number of hydrogen-bond donors (Lipinski definition) is 1. The summed E-state index contributed by atoms with van der Waals surface area (Å²) in [5.41, 5.74) is -0.550. The van der Waals surface area contributed by atoms with Crippen molar-refractivity contribution >= 4 is 5.97 Å². The lowest BCUT2D eigenvalue weighted by Crippen LogP contribution is -2.41. The molecule has 0 radical (unpaired) electrons. The molecule has 3 heteroatoms. The Kier molecular flexibility index (Phi) is 5.43. The van der Waals surface area contributed by atoms with Gasteiger partial charge in [0.05, 0.1) is 18.1 Å². The fourth-order valence-corrected chi connectivity index (χ4v) is 2.51. The maximum Gasteiger partial charge on any atom is 0.312 e. The number of aliphatic hydroxyl groups is 1. The molecule has 0 aromatic rings. The molecule has 0 aromatic carbocycles. The summed E-state index contributed by atoms with van der Waals surface area (Å²) in [6.45, 7) is 10.7. The molecule has 0 bridgehead atoms. The third-order valence-corrected chi connectivity index (χ3v) is 5.29. The summed E-state index contributed by atoms with van der Waals surface area (Å²) in [6, 6.07) is 0. The lowest BCUT2D eigenvalue weighted by Gasteiger charge is -2.39. The molecule has 0 heterocycles. The summed E-state index contributed by atoms with van der Waals surface area (Å²) >= 11 is 0. The third-order valence-electron chi connectivity index (χ3n) is 5.29. The van der Waals surface area contributed by atoms with Crippen LogP contribution in [0.1, 0.15) is 66.7 Å². The van der Waals surface area contributed by atoms with Crippen LogP contribution in [0, 0.1) is 16.7 Å². The highest BCUT2D eigenvalue weighted by Gasteiger charge is 2.43. The molecule has 0 saturated heterocycles. The first-order chi connectivity index (χ1) is 8.70. The lowest BCUT2D eigenvalue weighted by atomic mass is 9.66. The fourth-order valence-electron chi connectivity index (χ4n) is 2.51. The molecule has 19 heavy (non-hydrogen) atoms. The second-order valence-corrected chi connectivity index (χ2v) is 7.15. The molecule has 112 valence electrons. The Morgan fingerprint density at radius 3 is 2.42 bits per heavy atom. The van der Waals surface area contributed by atoms with Crippen molar-refractivity contribution in [2.45, 2.75) is 72.8 Å². The standard InChI is InChI=1S/C16H30O3/c1-6-15(2,3)16(4,5)14(18)19-11-12-8-7-9-13(17)10-12/h12-13,17H,6-11H2,1-5H3. The number of rotatable bonds is 5. The molecule has 0 aliphatic heterocycles. The highest BCUT2D eigenvalue weighted by Crippen LogP contribution is 2.42. The zero-order valence-electron chi connectivity index (χ0n) is 13.2. The van der Waals surface area contributed by atoms with E-state index in [9.17, 15) is 9.90 Å². The lowest BCUT2D eigenvalue weighted by molar-refractivity contribution is -0.163. The molecule has 1 aliphatic carbocycles. The van der Waals surface area contributed by atoms with Crippen molar-refractivity contribution in [3.05, 3.63) is 0 Å². The van der Waals surface area contributed by atoms with Gasteiger partial charge < -0.3 is 9.84 Å². The Morgan fingerprint density at radius 2 is 1.89 bits per heavy atom. The van der Waals surface area contributed by atoms with E-state index in [1.54, 1.807) is 0 Å². The van der Waals surface area contributed by atoms with Crippen molar-refractivity contribution in [2.24, 2.45) is 16.7 Å². The first-order valence-corrected chi connectivity index (χ1v) is 7.56. The van der Waals surface area contributed by atoms with Crippen molar-refractivity contribution < 1.29 is 14.6 Å². The molecule has 3 nitrogen and oxygen atoms in total. The Hall–Kier alpha value is -0.570. The molecule has 1 rings (SSSR count). The van der Waals surface area contributed by atoms with Crippen LogP contribution in [-0.4, -0.2) is 23.8 Å². The van der Waals surface area contributed by atoms with Crippen LogP contribution in [0.15, 0.2) is 0 Å². The highest BCUT2D eigenvalue weighted by molar-refractivity contribution is 5.76. The van der Waals surface area contributed by atoms with E-state index in [2.05, 4.69) is 20.8 Å². The van der Waals surface area contributed by atoms with Crippen molar-refractivity contribution in [3.8, 4) is 0 Å². The van der Waals surface area contributed by atoms with Crippen LogP contribution in [0.25, 0.3) is 0 Å². The molecule has 1 N–H and O–H groups in total. The number of carbonyl (C=O) groups excluding carboxylic acids is 1. The van der Waals surface area contributed by atoms with Crippen LogP contribution >= 0.6 is 0 Å². The Labute approximate surface area is 117 Å². The van der Waals surface area contributed by atoms with E-state index in [4.69, 9.17) is 4.74 Å². The predicted octanol–water partition coefficient (Wildman–Crippen LogP) is 3.54. The van der Waals surface area contributed by atoms with Gasteiger partial charge in [0, 0.05) is 0 Å². The summed E-state index contributed by atoms with van der Waals surface area (Å²) in [7, 11) is 0. The van der Waals surface area contributed by atoms with Crippen LogP contribution in [0.2, 0.25) is 0 Å². The van der Waals surface area contributed by atoms with Crippen LogP contribution in [0.5, 0.6) is 0 Å². The van der Waals surface area contributed by atoms with Gasteiger partial charge in [0.1, 0.15) is 0 Å². The highest BCUT2D eigenvalue weighted by atomic mass is 16.5. The van der Waals surface area contributed by atoms with Crippen LogP contribution in [-0.2, 0) is 9.53 Å². The number of ether oxygens (including phenoxy) is 1. The van der Waals surface area contributed by atoms with Gasteiger partial charge in [-0.1, -0.05) is 27.2 Å². The number of aliphatic hydroxyl groups excluding tert-OH is 1. The van der Waals surface area contributed by atoms with Crippen molar-refractivity contribution in [3.63, 3.8) is 0 Å². The summed E-state index contributed by atoms with van der Waals surface area (Å²) in [5.74, 6) is 0.215. The van der Waals surface area contributed by atoms with Gasteiger partial charge >= 0.3 is 5.97 Å². The van der Waals surface area contributed by atoms with E-state index in [1.807, 2.05) is 13.8 Å². The molecule has 2 unspecified atom stereocenters. The third kappa shape index (κ3) is 3.95. The van der Waals surface area contributed by atoms with E-state index < -0.39 is 5.41 Å². The van der Waals surface area contributed by atoms with Crippen LogP contribution < -0.4 is 0 Å². The van der Waals surface area contributed by atoms with Crippen LogP contribution in [0.4, 0.5) is 0 Å². The maximum absolute atomic E-state index is 12.3. The Balaban J connectivity index is 2.50. The minimum absolute atomic E-state index is 0.0733. The van der Waals surface area contributed by atoms with Crippen molar-refractivity contribution in [2.75, 3.05) is 6.61 Å². The van der Waals surface area contributed by atoms with E-state index in [0.717, 1.165) is 32.1 Å². The first kappa shape index (κ1) is 16.5. The van der Waals surface area contributed by atoms with Gasteiger partial charge in [-0.25, -0.2) is 0 Å². The SMILES string of the molecule is CCC(C)(C)C(C)(C)C(=O)OCC1CCCC(O)C1. The second-order valence-electron chi connectivity index (χ2n) is 7.15. The van der Waals surface area contributed by atoms with Crippen molar-refractivity contribution in [1.29, 1.82) is 0 Å². The summed E-state index contributed by atoms with van der Waals surface area (Å²) in [4.78, 5) is 12.3. The zero-order valence-corrected chi connectivity index (χ0v) is 13.2. The molecule has 1 saturated carbocycles. The van der Waals surface area contributed by atoms with E-state index in [0.29, 0.717) is 12.5 Å². The Morgan fingerprint density at radius 1 is 1.26 bits per heavy atom. The largest absolute Gasteiger partial charge is 0.465 e. The monoisotopic (exact) mass is 270 g/mol. The molecule has 1 aliphatic rings. The summed E-state index contributed by atoms with van der Waals surface area (Å²) in [6.07, 6.45) is 4.48. The van der Waals surface area contributed by atoms with Crippen molar-refractivity contribution in [1.82, 2.24) is 0 Å². The van der Waals surface area contributed by atoms with E-state index >= 15 is 0 Å². The van der Waals surface area contributed by atoms with E-state index in [-0.39, 0.29) is 17.5 Å². The molecule has 0 spiro atoms. The predicted molar refractivity (Wildman–Crippen MR) is 76.8 cm³/mol. The van der Waals surface area contributed by atoms with Gasteiger partial charge in [-0.05, 0) is 50.9 Å². The van der Waals surface area contributed by atoms with Gasteiger partial charge in [-0.3, -0.25) is 4.79 Å². The average Bonchev–Trinajstić information content (AvgIpc) is 2.35. The summed E-state index contributed by atoms with van der Waals surface area (Å²) < 4.78 is 5.53. The van der Waals surface area contributed by atoms with Gasteiger partial charge in [0.25, 0.3) is 0 Å². The average molecular weight is 270 g/mol. The number of esters is 1. The van der Waals surface area contributed by atoms with Gasteiger partial charge in [-0.15, -0.1) is 0 Å². The minimum Gasteiger partial charge on any atom is -0.465 e. The normalized spacial score (nSPS) is 25.2. The molecule has 0 aromatic heterocycles. The molecule has 0 amide bonds.